The molecule has 0 saturated heterocycles. The van der Waals surface area contributed by atoms with Crippen molar-refractivity contribution in [3.05, 3.63) is 29.3 Å². The Hall–Kier alpha value is -1.57. The zero-order valence-electron chi connectivity index (χ0n) is 13.9. The van der Waals surface area contributed by atoms with Gasteiger partial charge in [-0.05, 0) is 23.1 Å². The van der Waals surface area contributed by atoms with Crippen molar-refractivity contribution < 1.29 is 4.74 Å². The molecule has 0 heterocycles. The van der Waals surface area contributed by atoms with Gasteiger partial charge in [-0.3, -0.25) is 0 Å². The Bertz CT molecular complexity index is 486. The fourth-order valence-electron chi connectivity index (χ4n) is 2.32. The molecule has 1 aromatic rings. The second-order valence-corrected chi connectivity index (χ2v) is 6.55. The van der Waals surface area contributed by atoms with Crippen LogP contribution in [-0.2, 0) is 11.3 Å². The van der Waals surface area contributed by atoms with Crippen LogP contribution in [0, 0.1) is 16.7 Å². The van der Waals surface area contributed by atoms with Gasteiger partial charge in [-0.15, -0.1) is 0 Å². The summed E-state index contributed by atoms with van der Waals surface area (Å²) in [6.45, 7) is 9.76. The van der Waals surface area contributed by atoms with Crippen LogP contribution in [-0.4, -0.2) is 33.9 Å². The highest BCUT2D eigenvalue weighted by Gasteiger charge is 2.16. The van der Waals surface area contributed by atoms with Gasteiger partial charge in [0.05, 0.1) is 17.9 Å². The molecular weight excluding hydrogens is 262 g/mol. The number of anilines is 1. The lowest BCUT2D eigenvalue weighted by Crippen LogP contribution is -2.29. The average Bonchev–Trinajstić information content (AvgIpc) is 2.41. The smallest absolute Gasteiger partial charge is 0.101 e. The molecule has 0 saturated carbocycles. The molecule has 0 unspecified atom stereocenters. The lowest BCUT2D eigenvalue weighted by Gasteiger charge is -2.29. The van der Waals surface area contributed by atoms with Gasteiger partial charge in [0, 0.05) is 33.8 Å². The van der Waals surface area contributed by atoms with Crippen molar-refractivity contribution in [3.63, 3.8) is 0 Å². The molecule has 0 spiro atoms. The largest absolute Gasteiger partial charge is 0.383 e. The number of nitrogens with one attached hydrogen (secondary N) is 1. The second kappa shape index (κ2) is 8.02. The van der Waals surface area contributed by atoms with Crippen LogP contribution in [0.2, 0.25) is 0 Å². The second-order valence-electron chi connectivity index (χ2n) is 6.55. The van der Waals surface area contributed by atoms with Crippen LogP contribution >= 0.6 is 0 Å². The molecule has 0 aliphatic carbocycles. The van der Waals surface area contributed by atoms with Gasteiger partial charge in [0.25, 0.3) is 0 Å². The van der Waals surface area contributed by atoms with E-state index in [-0.39, 0.29) is 5.41 Å². The fourth-order valence-corrected chi connectivity index (χ4v) is 2.32. The van der Waals surface area contributed by atoms with E-state index >= 15 is 0 Å². The molecule has 21 heavy (non-hydrogen) atoms. The van der Waals surface area contributed by atoms with Gasteiger partial charge in [0.15, 0.2) is 0 Å². The van der Waals surface area contributed by atoms with Gasteiger partial charge >= 0.3 is 0 Å². The maximum atomic E-state index is 9.38. The first-order valence-electron chi connectivity index (χ1n) is 7.31. The standard InChI is InChI=1S/C17H27N3O/c1-17(2,3)13-20(4)16-7-6-14(10-15(16)11-18)12-19-8-9-21-5/h6-7,10,19H,8-9,12-13H2,1-5H3. The van der Waals surface area contributed by atoms with Crippen molar-refractivity contribution in [1.82, 2.24) is 5.32 Å². The van der Waals surface area contributed by atoms with E-state index in [0.29, 0.717) is 6.61 Å². The van der Waals surface area contributed by atoms with Gasteiger partial charge < -0.3 is 15.0 Å². The van der Waals surface area contributed by atoms with Gasteiger partial charge in [0.2, 0.25) is 0 Å². The minimum absolute atomic E-state index is 0.196. The lowest BCUT2D eigenvalue weighted by molar-refractivity contribution is 0.199. The van der Waals surface area contributed by atoms with E-state index in [1.54, 1.807) is 7.11 Å². The fraction of sp³-hybridized carbons (Fsp3) is 0.588. The Balaban J connectivity index is 2.77. The molecule has 4 heteroatoms. The third-order valence-electron chi connectivity index (χ3n) is 3.12. The molecule has 1 N–H and O–H groups in total. The Morgan fingerprint density at radius 1 is 1.33 bits per heavy atom. The van der Waals surface area contributed by atoms with Gasteiger partial charge in [-0.2, -0.15) is 5.26 Å². The van der Waals surface area contributed by atoms with Crippen molar-refractivity contribution in [2.75, 3.05) is 38.8 Å². The number of nitriles is 1. The van der Waals surface area contributed by atoms with Gasteiger partial charge in [-0.25, -0.2) is 0 Å². The van der Waals surface area contributed by atoms with Gasteiger partial charge in [-0.1, -0.05) is 26.8 Å². The minimum atomic E-state index is 0.196. The SMILES string of the molecule is COCCNCc1ccc(N(C)CC(C)(C)C)c(C#N)c1. The Kier molecular flexibility index (Phi) is 6.67. The number of benzene rings is 1. The molecule has 0 amide bonds. The third kappa shape index (κ3) is 6.16. The topological polar surface area (TPSA) is 48.3 Å². The first-order chi connectivity index (χ1) is 9.87. The van der Waals surface area contributed by atoms with E-state index < -0.39 is 0 Å². The maximum absolute atomic E-state index is 9.38. The maximum Gasteiger partial charge on any atom is 0.101 e. The van der Waals surface area contributed by atoms with E-state index in [1.807, 2.05) is 19.2 Å². The van der Waals surface area contributed by atoms with Crippen LogP contribution in [0.1, 0.15) is 31.9 Å². The summed E-state index contributed by atoms with van der Waals surface area (Å²) in [5.74, 6) is 0. The minimum Gasteiger partial charge on any atom is -0.383 e. The predicted molar refractivity (Wildman–Crippen MR) is 87.5 cm³/mol. The number of hydrogen-bond donors (Lipinski definition) is 1. The van der Waals surface area contributed by atoms with E-state index in [9.17, 15) is 5.26 Å². The molecule has 1 aromatic carbocycles. The number of rotatable bonds is 7. The first kappa shape index (κ1) is 17.5. The van der Waals surface area contributed by atoms with E-state index in [2.05, 4.69) is 43.1 Å². The molecule has 0 fully saturated rings. The Morgan fingerprint density at radius 2 is 2.05 bits per heavy atom. The quantitative estimate of drug-likeness (QED) is 0.784. The molecule has 0 aliphatic heterocycles. The summed E-state index contributed by atoms with van der Waals surface area (Å²) in [5, 5.41) is 12.7. The van der Waals surface area contributed by atoms with Crippen molar-refractivity contribution >= 4 is 5.69 Å². The van der Waals surface area contributed by atoms with Crippen LogP contribution in [0.3, 0.4) is 0 Å². The summed E-state index contributed by atoms with van der Waals surface area (Å²) in [4.78, 5) is 2.15. The molecule has 4 nitrogen and oxygen atoms in total. The van der Waals surface area contributed by atoms with Crippen LogP contribution in [0.15, 0.2) is 18.2 Å². The summed E-state index contributed by atoms with van der Waals surface area (Å²) < 4.78 is 5.00. The average molecular weight is 289 g/mol. The Labute approximate surface area is 128 Å². The van der Waals surface area contributed by atoms with Crippen molar-refractivity contribution in [1.29, 1.82) is 5.26 Å². The molecule has 1 rings (SSSR count). The summed E-state index contributed by atoms with van der Waals surface area (Å²) in [7, 11) is 3.73. The van der Waals surface area contributed by atoms with Crippen molar-refractivity contribution in [3.8, 4) is 6.07 Å². The first-order valence-corrected chi connectivity index (χ1v) is 7.31. The molecule has 0 bridgehead atoms. The number of methoxy groups -OCH3 is 1. The normalized spacial score (nSPS) is 11.2. The van der Waals surface area contributed by atoms with Crippen LogP contribution in [0.4, 0.5) is 5.69 Å². The van der Waals surface area contributed by atoms with Crippen LogP contribution < -0.4 is 10.2 Å². The predicted octanol–water partition coefficient (Wildman–Crippen LogP) is 2.78. The highest BCUT2D eigenvalue weighted by Crippen LogP contribution is 2.24. The summed E-state index contributed by atoms with van der Waals surface area (Å²) in [5.41, 5.74) is 3.04. The zero-order valence-corrected chi connectivity index (χ0v) is 13.9. The van der Waals surface area contributed by atoms with Crippen molar-refractivity contribution in [2.24, 2.45) is 5.41 Å². The number of nitrogens with zero attached hydrogens (tertiary/aromatic N) is 2. The van der Waals surface area contributed by atoms with E-state index in [4.69, 9.17) is 4.74 Å². The van der Waals surface area contributed by atoms with E-state index in [0.717, 1.165) is 36.4 Å². The summed E-state index contributed by atoms with van der Waals surface area (Å²) in [6, 6.07) is 8.39. The zero-order chi connectivity index (χ0) is 15.9. The van der Waals surface area contributed by atoms with Gasteiger partial charge in [0.1, 0.15) is 6.07 Å². The van der Waals surface area contributed by atoms with Crippen LogP contribution in [0.5, 0.6) is 0 Å². The van der Waals surface area contributed by atoms with Crippen LogP contribution in [0.25, 0.3) is 0 Å². The molecular formula is C17H27N3O. The summed E-state index contributed by atoms with van der Waals surface area (Å²) in [6.07, 6.45) is 0. The molecule has 116 valence electrons. The van der Waals surface area contributed by atoms with Crippen molar-refractivity contribution in [2.45, 2.75) is 27.3 Å². The molecule has 0 aromatic heterocycles. The summed E-state index contributed by atoms with van der Waals surface area (Å²) >= 11 is 0. The lowest BCUT2D eigenvalue weighted by atomic mass is 9.95. The monoisotopic (exact) mass is 289 g/mol. The number of hydrogen-bond acceptors (Lipinski definition) is 4. The molecule has 0 atom stereocenters. The number of ether oxygens (including phenoxy) is 1. The highest BCUT2D eigenvalue weighted by molar-refractivity contribution is 5.60. The molecule has 0 radical (unpaired) electrons. The highest BCUT2D eigenvalue weighted by atomic mass is 16.5. The van der Waals surface area contributed by atoms with E-state index in [1.165, 1.54) is 0 Å². The molecule has 0 aliphatic rings. The Morgan fingerprint density at radius 3 is 2.62 bits per heavy atom. The third-order valence-corrected chi connectivity index (χ3v) is 3.12.